The number of aromatic nitrogens is 2. The molecule has 1 N–H and O–H groups in total. The molecule has 1 aliphatic carbocycles. The summed E-state index contributed by atoms with van der Waals surface area (Å²) in [6.45, 7) is 4.91. The molecule has 7 nitrogen and oxygen atoms in total. The number of aryl methyl sites for hydroxylation is 1. The second-order valence-electron chi connectivity index (χ2n) is 6.79. The van der Waals surface area contributed by atoms with E-state index in [-0.39, 0.29) is 10.9 Å². The van der Waals surface area contributed by atoms with Crippen LogP contribution in [0.2, 0.25) is 0 Å². The van der Waals surface area contributed by atoms with E-state index in [4.69, 9.17) is 4.74 Å². The molecule has 3 aliphatic rings. The van der Waals surface area contributed by atoms with E-state index in [0.717, 1.165) is 55.5 Å². The predicted molar refractivity (Wildman–Crippen MR) is 88.2 cm³/mol. The van der Waals surface area contributed by atoms with Crippen LogP contribution < -0.4 is 9.62 Å². The van der Waals surface area contributed by atoms with Gasteiger partial charge >= 0.3 is 0 Å². The van der Waals surface area contributed by atoms with Crippen LogP contribution in [0.15, 0.2) is 0 Å². The summed E-state index contributed by atoms with van der Waals surface area (Å²) in [5.41, 5.74) is -0.120. The summed E-state index contributed by atoms with van der Waals surface area (Å²) in [7, 11) is -3.07. The summed E-state index contributed by atoms with van der Waals surface area (Å²) in [6.07, 6.45) is 3.47. The molecule has 3 fully saturated rings. The smallest absolute Gasteiger partial charge is 0.214 e. The van der Waals surface area contributed by atoms with Gasteiger partial charge in [0.1, 0.15) is 10.6 Å². The summed E-state index contributed by atoms with van der Waals surface area (Å²) in [5.74, 6) is 0.412. The molecule has 1 aromatic heterocycles. The zero-order valence-electron chi connectivity index (χ0n) is 13.2. The van der Waals surface area contributed by atoms with Gasteiger partial charge in [0, 0.05) is 13.2 Å². The molecule has 0 radical (unpaired) electrons. The van der Waals surface area contributed by atoms with Crippen LogP contribution in [0.4, 0.5) is 5.13 Å². The van der Waals surface area contributed by atoms with E-state index in [1.54, 1.807) is 11.3 Å². The maximum absolute atomic E-state index is 11.9. The van der Waals surface area contributed by atoms with Crippen molar-refractivity contribution in [1.82, 2.24) is 14.9 Å². The maximum atomic E-state index is 11.9. The molecule has 3 heterocycles. The van der Waals surface area contributed by atoms with E-state index >= 15 is 0 Å². The minimum absolute atomic E-state index is 0.120. The second-order valence-corrected chi connectivity index (χ2v) is 9.99. The summed E-state index contributed by atoms with van der Waals surface area (Å²) >= 11 is 1.60. The molecular weight excluding hydrogens is 336 g/mol. The summed E-state index contributed by atoms with van der Waals surface area (Å²) < 4.78 is 32.6. The number of anilines is 1. The average Bonchev–Trinajstić information content (AvgIpc) is 3.12. The fourth-order valence-electron chi connectivity index (χ4n) is 3.56. The second kappa shape index (κ2) is 5.65. The summed E-state index contributed by atoms with van der Waals surface area (Å²) in [6, 6.07) is 0. The van der Waals surface area contributed by atoms with Crippen LogP contribution in [0.25, 0.3) is 0 Å². The predicted octanol–water partition coefficient (Wildman–Crippen LogP) is 0.914. The largest absolute Gasteiger partial charge is 0.371 e. The first kappa shape index (κ1) is 15.7. The van der Waals surface area contributed by atoms with Gasteiger partial charge in [-0.1, -0.05) is 11.3 Å². The first-order valence-electron chi connectivity index (χ1n) is 8.16. The minimum Gasteiger partial charge on any atom is -0.371 e. The van der Waals surface area contributed by atoms with Crippen molar-refractivity contribution >= 4 is 26.5 Å². The highest BCUT2D eigenvalue weighted by atomic mass is 32.2. The number of hydrogen-bond donors (Lipinski definition) is 1. The molecule has 1 spiro atoms. The Morgan fingerprint density at radius 1 is 1.35 bits per heavy atom. The van der Waals surface area contributed by atoms with Gasteiger partial charge in [-0.25, -0.2) is 13.1 Å². The van der Waals surface area contributed by atoms with Crippen molar-refractivity contribution in [3.63, 3.8) is 0 Å². The first-order chi connectivity index (χ1) is 11.0. The molecule has 2 aliphatic heterocycles. The maximum Gasteiger partial charge on any atom is 0.214 e. The Morgan fingerprint density at radius 2 is 2.13 bits per heavy atom. The van der Waals surface area contributed by atoms with Crippen LogP contribution in [-0.4, -0.2) is 55.7 Å². The highest BCUT2D eigenvalue weighted by Gasteiger charge is 2.53. The summed E-state index contributed by atoms with van der Waals surface area (Å²) in [5, 5.41) is 10.0. The van der Waals surface area contributed by atoms with E-state index in [0.29, 0.717) is 12.5 Å². The monoisotopic (exact) mass is 358 g/mol. The van der Waals surface area contributed by atoms with Gasteiger partial charge < -0.3 is 9.64 Å². The zero-order valence-corrected chi connectivity index (χ0v) is 14.8. The van der Waals surface area contributed by atoms with Gasteiger partial charge in [-0.15, -0.1) is 10.2 Å². The van der Waals surface area contributed by atoms with E-state index in [9.17, 15) is 8.42 Å². The van der Waals surface area contributed by atoms with Gasteiger partial charge in [0.25, 0.3) is 0 Å². The zero-order chi connectivity index (χ0) is 16.1. The fraction of sp³-hybridized carbons (Fsp3) is 0.857. The molecule has 9 heteroatoms. The van der Waals surface area contributed by atoms with Crippen LogP contribution >= 0.6 is 11.3 Å². The summed E-state index contributed by atoms with van der Waals surface area (Å²) in [4.78, 5) is 2.21. The van der Waals surface area contributed by atoms with Gasteiger partial charge in [-0.2, -0.15) is 0 Å². The van der Waals surface area contributed by atoms with Gasteiger partial charge in [-0.3, -0.25) is 0 Å². The minimum atomic E-state index is -3.07. The van der Waals surface area contributed by atoms with E-state index in [1.807, 2.05) is 6.92 Å². The third kappa shape index (κ3) is 2.99. The van der Waals surface area contributed by atoms with Crippen LogP contribution in [0.1, 0.15) is 30.7 Å². The molecule has 2 saturated heterocycles. The molecule has 4 rings (SSSR count). The molecule has 0 amide bonds. The number of ether oxygens (including phenoxy) is 1. The molecule has 1 saturated carbocycles. The third-order valence-electron chi connectivity index (χ3n) is 5.06. The van der Waals surface area contributed by atoms with Crippen LogP contribution in [0.5, 0.6) is 0 Å². The average molecular weight is 358 g/mol. The van der Waals surface area contributed by atoms with Crippen molar-refractivity contribution in [2.75, 3.05) is 31.1 Å². The Balaban J connectivity index is 1.31. The molecule has 1 atom stereocenters. The Bertz CT molecular complexity index is 680. The van der Waals surface area contributed by atoms with E-state index in [1.165, 1.54) is 0 Å². The quantitative estimate of drug-likeness (QED) is 0.814. The highest BCUT2D eigenvalue weighted by Crippen LogP contribution is 2.43. The van der Waals surface area contributed by atoms with Crippen LogP contribution in [-0.2, 0) is 14.8 Å². The lowest BCUT2D eigenvalue weighted by Gasteiger charge is -2.50. The number of rotatable bonds is 6. The standard InChI is InChI=1S/C14H22N4O3S2/c1-10-16-17-13(22-10)18-8-14(9-18)11(5-7-21-14)4-6-15-23(19,20)12-2-3-12/h11-12,15H,2-9H2,1H3. The third-order valence-corrected chi connectivity index (χ3v) is 7.92. The molecule has 0 aromatic carbocycles. The number of nitrogens with one attached hydrogen (secondary N) is 1. The Kier molecular flexibility index (Phi) is 3.86. The lowest BCUT2D eigenvalue weighted by atomic mass is 9.79. The van der Waals surface area contributed by atoms with Gasteiger partial charge in [-0.05, 0) is 38.5 Å². The SMILES string of the molecule is Cc1nnc(N2CC3(C2)OCCC3CCNS(=O)(=O)C2CC2)s1. The van der Waals surface area contributed by atoms with Crippen LogP contribution in [0.3, 0.4) is 0 Å². The first-order valence-corrected chi connectivity index (χ1v) is 10.5. The topological polar surface area (TPSA) is 84.4 Å². The van der Waals surface area contributed by atoms with E-state index in [2.05, 4.69) is 19.8 Å². The molecule has 128 valence electrons. The molecule has 0 bridgehead atoms. The van der Waals surface area contributed by atoms with Crippen molar-refractivity contribution in [3.8, 4) is 0 Å². The van der Waals surface area contributed by atoms with Crippen molar-refractivity contribution in [1.29, 1.82) is 0 Å². The van der Waals surface area contributed by atoms with Crippen molar-refractivity contribution in [2.45, 2.75) is 43.5 Å². The van der Waals surface area contributed by atoms with Gasteiger partial charge in [0.05, 0.1) is 18.3 Å². The Labute approximate surface area is 140 Å². The lowest BCUT2D eigenvalue weighted by molar-refractivity contribution is -0.0451. The molecule has 1 unspecified atom stereocenters. The number of hydrogen-bond acceptors (Lipinski definition) is 7. The normalized spacial score (nSPS) is 26.7. The Morgan fingerprint density at radius 3 is 2.78 bits per heavy atom. The van der Waals surface area contributed by atoms with Crippen molar-refractivity contribution in [2.24, 2.45) is 5.92 Å². The highest BCUT2D eigenvalue weighted by molar-refractivity contribution is 7.90. The Hall–Kier alpha value is -0.770. The number of sulfonamides is 1. The van der Waals surface area contributed by atoms with Crippen molar-refractivity contribution in [3.05, 3.63) is 5.01 Å². The fourth-order valence-corrected chi connectivity index (χ4v) is 5.64. The van der Waals surface area contributed by atoms with E-state index < -0.39 is 10.0 Å². The van der Waals surface area contributed by atoms with Gasteiger partial charge in [0.15, 0.2) is 0 Å². The van der Waals surface area contributed by atoms with Gasteiger partial charge in [0.2, 0.25) is 15.2 Å². The molecule has 1 aromatic rings. The van der Waals surface area contributed by atoms with Crippen LogP contribution in [0, 0.1) is 12.8 Å². The lowest BCUT2D eigenvalue weighted by Crippen LogP contribution is -2.65. The number of nitrogens with zero attached hydrogens (tertiary/aromatic N) is 3. The molecule has 23 heavy (non-hydrogen) atoms. The molecular formula is C14H22N4O3S2. The van der Waals surface area contributed by atoms with Crippen molar-refractivity contribution < 1.29 is 13.2 Å².